The van der Waals surface area contributed by atoms with Crippen LogP contribution in [-0.4, -0.2) is 29.6 Å². The number of hydrogen-bond donors (Lipinski definition) is 1. The number of benzene rings is 2. The van der Waals surface area contributed by atoms with Crippen LogP contribution in [0.1, 0.15) is 24.8 Å². The maximum Gasteiger partial charge on any atom is 0.240 e. The zero-order valence-electron chi connectivity index (χ0n) is 14.0. The number of rotatable bonds is 6. The Morgan fingerprint density at radius 2 is 1.56 bits per heavy atom. The minimum Gasteiger partial charge on any atom is -0.224 e. The standard InChI is InChI=1S/C18H21NO4S2/c1-24(20,21)16-9-5-10-17(13-16)25(22,23)19-14-18(11-6-12-18)15-7-3-2-4-8-15/h2-5,7-10,13,19H,6,11-12,14H2,1H3. The highest BCUT2D eigenvalue weighted by molar-refractivity contribution is 7.91. The SMILES string of the molecule is CS(=O)(=O)c1cccc(S(=O)(=O)NCC2(c3ccccc3)CCC2)c1. The molecular formula is C18H21NO4S2. The van der Waals surface area contributed by atoms with Crippen LogP contribution in [0.5, 0.6) is 0 Å². The molecule has 0 aromatic heterocycles. The Labute approximate surface area is 149 Å². The van der Waals surface area contributed by atoms with Crippen molar-refractivity contribution in [2.45, 2.75) is 34.5 Å². The van der Waals surface area contributed by atoms with Gasteiger partial charge < -0.3 is 0 Å². The number of hydrogen-bond acceptors (Lipinski definition) is 4. The van der Waals surface area contributed by atoms with E-state index >= 15 is 0 Å². The van der Waals surface area contributed by atoms with Gasteiger partial charge in [-0.1, -0.05) is 42.8 Å². The van der Waals surface area contributed by atoms with Gasteiger partial charge in [0, 0.05) is 18.2 Å². The molecular weight excluding hydrogens is 358 g/mol. The molecule has 1 aliphatic rings. The third-order valence-corrected chi connectivity index (χ3v) is 7.35. The third kappa shape index (κ3) is 3.78. The Kier molecular flexibility index (Phi) is 4.74. The molecule has 1 aliphatic carbocycles. The molecule has 2 aromatic rings. The van der Waals surface area contributed by atoms with E-state index in [0.717, 1.165) is 31.1 Å². The highest BCUT2D eigenvalue weighted by Gasteiger charge is 2.39. The van der Waals surface area contributed by atoms with Gasteiger partial charge in [-0.05, 0) is 36.6 Å². The van der Waals surface area contributed by atoms with Gasteiger partial charge in [-0.3, -0.25) is 0 Å². The van der Waals surface area contributed by atoms with E-state index in [1.54, 1.807) is 0 Å². The van der Waals surface area contributed by atoms with Gasteiger partial charge in [0.05, 0.1) is 9.79 Å². The van der Waals surface area contributed by atoms with E-state index in [0.29, 0.717) is 6.54 Å². The monoisotopic (exact) mass is 379 g/mol. The van der Waals surface area contributed by atoms with Crippen molar-refractivity contribution >= 4 is 19.9 Å². The smallest absolute Gasteiger partial charge is 0.224 e. The van der Waals surface area contributed by atoms with Crippen molar-refractivity contribution in [3.63, 3.8) is 0 Å². The van der Waals surface area contributed by atoms with Crippen LogP contribution < -0.4 is 4.72 Å². The van der Waals surface area contributed by atoms with Crippen LogP contribution in [0.25, 0.3) is 0 Å². The summed E-state index contributed by atoms with van der Waals surface area (Å²) in [7, 11) is -7.23. The Balaban J connectivity index is 1.83. The summed E-state index contributed by atoms with van der Waals surface area (Å²) in [5, 5.41) is 0. The average molecular weight is 380 g/mol. The van der Waals surface area contributed by atoms with Crippen LogP contribution in [0.4, 0.5) is 0 Å². The molecule has 0 saturated heterocycles. The number of sulfonamides is 1. The summed E-state index contributed by atoms with van der Waals surface area (Å²) in [6.07, 6.45) is 4.00. The summed E-state index contributed by atoms with van der Waals surface area (Å²) in [5.74, 6) is 0. The highest BCUT2D eigenvalue weighted by Crippen LogP contribution is 2.43. The lowest BCUT2D eigenvalue weighted by Crippen LogP contribution is -2.45. The number of sulfone groups is 1. The Hall–Kier alpha value is -1.70. The molecule has 0 bridgehead atoms. The molecule has 0 amide bonds. The second kappa shape index (κ2) is 6.55. The van der Waals surface area contributed by atoms with Crippen molar-refractivity contribution in [2.24, 2.45) is 0 Å². The van der Waals surface area contributed by atoms with E-state index in [1.165, 1.54) is 24.3 Å². The first-order chi connectivity index (χ1) is 11.7. The average Bonchev–Trinajstić information content (AvgIpc) is 2.54. The van der Waals surface area contributed by atoms with Gasteiger partial charge in [-0.2, -0.15) is 0 Å². The van der Waals surface area contributed by atoms with Crippen molar-refractivity contribution in [2.75, 3.05) is 12.8 Å². The van der Waals surface area contributed by atoms with Gasteiger partial charge in [0.25, 0.3) is 0 Å². The molecule has 134 valence electrons. The molecule has 2 aromatic carbocycles. The Bertz CT molecular complexity index is 963. The quantitative estimate of drug-likeness (QED) is 0.836. The van der Waals surface area contributed by atoms with E-state index in [4.69, 9.17) is 0 Å². The predicted octanol–water partition coefficient (Wildman–Crippen LogP) is 2.49. The van der Waals surface area contributed by atoms with Crippen LogP contribution >= 0.6 is 0 Å². The zero-order valence-corrected chi connectivity index (χ0v) is 15.6. The molecule has 0 radical (unpaired) electrons. The van der Waals surface area contributed by atoms with Gasteiger partial charge in [-0.15, -0.1) is 0 Å². The van der Waals surface area contributed by atoms with Crippen molar-refractivity contribution in [3.05, 3.63) is 60.2 Å². The van der Waals surface area contributed by atoms with Crippen molar-refractivity contribution in [1.29, 1.82) is 0 Å². The van der Waals surface area contributed by atoms with Crippen LogP contribution in [-0.2, 0) is 25.3 Å². The predicted molar refractivity (Wildman–Crippen MR) is 96.7 cm³/mol. The van der Waals surface area contributed by atoms with Crippen molar-refractivity contribution in [1.82, 2.24) is 4.72 Å². The molecule has 0 atom stereocenters. The normalized spacial score (nSPS) is 17.0. The molecule has 25 heavy (non-hydrogen) atoms. The summed E-state index contributed by atoms with van der Waals surface area (Å²) in [4.78, 5) is -0.0326. The lowest BCUT2D eigenvalue weighted by atomic mass is 9.64. The summed E-state index contributed by atoms with van der Waals surface area (Å²) in [5.41, 5.74) is 0.955. The summed E-state index contributed by atoms with van der Waals surface area (Å²) < 4.78 is 51.2. The highest BCUT2D eigenvalue weighted by atomic mass is 32.2. The van der Waals surface area contributed by atoms with Crippen LogP contribution in [0.3, 0.4) is 0 Å². The molecule has 0 heterocycles. The second-order valence-electron chi connectivity index (χ2n) is 6.57. The molecule has 1 fully saturated rings. The first kappa shape index (κ1) is 18.1. The molecule has 7 heteroatoms. The van der Waals surface area contributed by atoms with Crippen LogP contribution in [0, 0.1) is 0 Å². The summed E-state index contributed by atoms with van der Waals surface area (Å²) in [6, 6.07) is 15.4. The van der Waals surface area contributed by atoms with Crippen LogP contribution in [0.15, 0.2) is 64.4 Å². The lowest BCUT2D eigenvalue weighted by molar-refractivity contribution is 0.245. The molecule has 0 spiro atoms. The van der Waals surface area contributed by atoms with E-state index < -0.39 is 19.9 Å². The van der Waals surface area contributed by atoms with E-state index in [-0.39, 0.29) is 15.2 Å². The van der Waals surface area contributed by atoms with E-state index in [9.17, 15) is 16.8 Å². The summed E-state index contributed by atoms with van der Waals surface area (Å²) >= 11 is 0. The second-order valence-corrected chi connectivity index (χ2v) is 10.4. The molecule has 0 aliphatic heterocycles. The van der Waals surface area contributed by atoms with Gasteiger partial charge in [0.2, 0.25) is 10.0 Å². The van der Waals surface area contributed by atoms with E-state index in [1.807, 2.05) is 30.3 Å². The minimum atomic E-state index is -3.77. The van der Waals surface area contributed by atoms with Gasteiger partial charge in [0.1, 0.15) is 0 Å². The Morgan fingerprint density at radius 1 is 0.920 bits per heavy atom. The summed E-state index contributed by atoms with van der Waals surface area (Å²) in [6.45, 7) is 0.308. The van der Waals surface area contributed by atoms with Crippen molar-refractivity contribution in [3.8, 4) is 0 Å². The van der Waals surface area contributed by atoms with Gasteiger partial charge in [-0.25, -0.2) is 21.6 Å². The van der Waals surface area contributed by atoms with Crippen LogP contribution in [0.2, 0.25) is 0 Å². The zero-order chi connectivity index (χ0) is 18.1. The fourth-order valence-electron chi connectivity index (χ4n) is 3.15. The maximum atomic E-state index is 12.6. The first-order valence-electron chi connectivity index (χ1n) is 8.08. The lowest BCUT2D eigenvalue weighted by Gasteiger charge is -2.42. The molecule has 1 N–H and O–H groups in total. The van der Waals surface area contributed by atoms with Gasteiger partial charge in [0.15, 0.2) is 9.84 Å². The third-order valence-electron chi connectivity index (χ3n) is 4.84. The largest absolute Gasteiger partial charge is 0.240 e. The maximum absolute atomic E-state index is 12.6. The molecule has 1 saturated carbocycles. The topological polar surface area (TPSA) is 80.3 Å². The fourth-order valence-corrected chi connectivity index (χ4v) is 5.07. The molecule has 5 nitrogen and oxygen atoms in total. The minimum absolute atomic E-state index is 0.00297. The number of nitrogens with one attached hydrogen (secondary N) is 1. The first-order valence-corrected chi connectivity index (χ1v) is 11.5. The fraction of sp³-hybridized carbons (Fsp3) is 0.333. The Morgan fingerprint density at radius 3 is 2.12 bits per heavy atom. The molecule has 3 rings (SSSR count). The van der Waals surface area contributed by atoms with Gasteiger partial charge >= 0.3 is 0 Å². The van der Waals surface area contributed by atoms with Crippen molar-refractivity contribution < 1.29 is 16.8 Å². The molecule has 0 unspecified atom stereocenters. The van der Waals surface area contributed by atoms with E-state index in [2.05, 4.69) is 4.72 Å².